The van der Waals surface area contributed by atoms with Crippen molar-refractivity contribution in [3.8, 4) is 17.0 Å². The Labute approximate surface area is 136 Å². The number of nitrogens with zero attached hydrogens (tertiary/aromatic N) is 3. The van der Waals surface area contributed by atoms with E-state index in [0.29, 0.717) is 11.4 Å². The molecule has 0 unspecified atom stereocenters. The number of amides is 1. The van der Waals surface area contributed by atoms with Crippen molar-refractivity contribution in [3.63, 3.8) is 0 Å². The Morgan fingerprint density at radius 3 is 2.83 bits per heavy atom. The van der Waals surface area contributed by atoms with E-state index >= 15 is 0 Å². The highest BCUT2D eigenvalue weighted by atomic mass is 16.5. The van der Waals surface area contributed by atoms with E-state index in [1.54, 1.807) is 19.2 Å². The van der Waals surface area contributed by atoms with Crippen LogP contribution < -0.4 is 15.6 Å². The average molecular weight is 326 g/mol. The zero-order chi connectivity index (χ0) is 16.9. The van der Waals surface area contributed by atoms with Crippen LogP contribution in [0.1, 0.15) is 0 Å². The smallest absolute Gasteiger partial charge is 0.267 e. The molecule has 0 aliphatic rings. The Morgan fingerprint density at radius 2 is 2.08 bits per heavy atom. The summed E-state index contributed by atoms with van der Waals surface area (Å²) in [5.41, 5.74) is 0.871. The third-order valence-corrected chi connectivity index (χ3v) is 3.25. The lowest BCUT2D eigenvalue weighted by atomic mass is 10.1. The van der Waals surface area contributed by atoms with Gasteiger partial charge in [-0.25, -0.2) is 4.68 Å². The Morgan fingerprint density at radius 1 is 1.25 bits per heavy atom. The van der Waals surface area contributed by atoms with Crippen LogP contribution >= 0.6 is 0 Å². The second-order valence-electron chi connectivity index (χ2n) is 4.85. The predicted molar refractivity (Wildman–Crippen MR) is 85.6 cm³/mol. The molecule has 0 aliphatic carbocycles. The molecule has 1 N–H and O–H groups in total. The fourth-order valence-electron chi connectivity index (χ4n) is 2.16. The van der Waals surface area contributed by atoms with Gasteiger partial charge in [-0.15, -0.1) is 0 Å². The van der Waals surface area contributed by atoms with Gasteiger partial charge in [0.15, 0.2) is 5.82 Å². The minimum Gasteiger partial charge on any atom is -0.496 e. The molecule has 2 aromatic heterocycles. The fraction of sp³-hybridized carbons (Fsp3) is 0.125. The molecule has 24 heavy (non-hydrogen) atoms. The number of rotatable bonds is 5. The van der Waals surface area contributed by atoms with Gasteiger partial charge in [0.2, 0.25) is 5.91 Å². The van der Waals surface area contributed by atoms with E-state index in [1.165, 1.54) is 18.4 Å². The second kappa shape index (κ2) is 6.78. The van der Waals surface area contributed by atoms with Gasteiger partial charge in [-0.1, -0.05) is 17.3 Å². The molecule has 0 saturated heterocycles. The molecule has 0 fully saturated rings. The number of nitrogens with one attached hydrogen (secondary N) is 1. The van der Waals surface area contributed by atoms with Crippen molar-refractivity contribution >= 4 is 11.7 Å². The van der Waals surface area contributed by atoms with Gasteiger partial charge in [-0.2, -0.15) is 5.10 Å². The van der Waals surface area contributed by atoms with Crippen LogP contribution in [0.25, 0.3) is 11.3 Å². The zero-order valence-corrected chi connectivity index (χ0v) is 12.8. The van der Waals surface area contributed by atoms with E-state index in [-0.39, 0.29) is 17.9 Å². The van der Waals surface area contributed by atoms with Gasteiger partial charge in [0.05, 0.1) is 12.8 Å². The summed E-state index contributed by atoms with van der Waals surface area (Å²) in [6.07, 6.45) is 1.34. The first-order chi connectivity index (χ1) is 11.7. The van der Waals surface area contributed by atoms with Crippen LogP contribution in [0.3, 0.4) is 0 Å². The van der Waals surface area contributed by atoms with Crippen LogP contribution in [0.4, 0.5) is 5.82 Å². The summed E-state index contributed by atoms with van der Waals surface area (Å²) in [5.74, 6) is 0.465. The predicted octanol–water partition coefficient (Wildman–Crippen LogP) is 1.55. The molecule has 3 rings (SSSR count). The van der Waals surface area contributed by atoms with Crippen molar-refractivity contribution in [2.45, 2.75) is 6.54 Å². The van der Waals surface area contributed by atoms with E-state index in [4.69, 9.17) is 4.74 Å². The third-order valence-electron chi connectivity index (χ3n) is 3.25. The van der Waals surface area contributed by atoms with Crippen LogP contribution in [0, 0.1) is 0 Å². The van der Waals surface area contributed by atoms with Crippen LogP contribution in [0.2, 0.25) is 0 Å². The highest BCUT2D eigenvalue weighted by Gasteiger charge is 2.11. The topological polar surface area (TPSA) is 99.2 Å². The quantitative estimate of drug-likeness (QED) is 0.763. The highest BCUT2D eigenvalue weighted by Crippen LogP contribution is 2.27. The summed E-state index contributed by atoms with van der Waals surface area (Å²) in [4.78, 5) is 23.9. The molecule has 1 aromatic carbocycles. The van der Waals surface area contributed by atoms with Crippen molar-refractivity contribution in [1.82, 2.24) is 14.9 Å². The van der Waals surface area contributed by atoms with Crippen LogP contribution in [-0.4, -0.2) is 28.0 Å². The number of carbonyl (C=O) groups is 1. The Balaban J connectivity index is 1.86. The normalized spacial score (nSPS) is 10.4. The van der Waals surface area contributed by atoms with Crippen molar-refractivity contribution < 1.29 is 14.1 Å². The summed E-state index contributed by atoms with van der Waals surface area (Å²) in [7, 11) is 1.56. The van der Waals surface area contributed by atoms with E-state index < -0.39 is 5.91 Å². The summed E-state index contributed by atoms with van der Waals surface area (Å²) in [6, 6.07) is 11.7. The van der Waals surface area contributed by atoms with Crippen LogP contribution in [0.15, 0.2) is 58.0 Å². The lowest BCUT2D eigenvalue weighted by molar-refractivity contribution is -0.117. The van der Waals surface area contributed by atoms with Gasteiger partial charge in [-0.3, -0.25) is 9.59 Å². The molecule has 1 amide bonds. The summed E-state index contributed by atoms with van der Waals surface area (Å²) in [6.45, 7) is -0.241. The van der Waals surface area contributed by atoms with Crippen molar-refractivity contribution in [3.05, 3.63) is 59.1 Å². The maximum absolute atomic E-state index is 12.0. The van der Waals surface area contributed by atoms with Crippen molar-refractivity contribution in [1.29, 1.82) is 0 Å². The SMILES string of the molecule is COc1ccccc1-c1ccc(=O)n(CC(=O)Nc2ccon2)n1. The number of anilines is 1. The van der Waals surface area contributed by atoms with E-state index in [0.717, 1.165) is 10.2 Å². The standard InChI is InChI=1S/C16H14N4O4/c1-23-13-5-3-2-4-11(13)12-6-7-16(22)20(18-12)10-15(21)17-14-8-9-24-19-14/h2-9H,10H2,1H3,(H,17,19,21). The number of hydrogen-bond acceptors (Lipinski definition) is 6. The van der Waals surface area contributed by atoms with Gasteiger partial charge in [0.1, 0.15) is 18.6 Å². The fourth-order valence-corrected chi connectivity index (χ4v) is 2.16. The number of ether oxygens (including phenoxy) is 1. The lowest BCUT2D eigenvalue weighted by Crippen LogP contribution is -2.29. The monoisotopic (exact) mass is 326 g/mol. The highest BCUT2D eigenvalue weighted by molar-refractivity contribution is 5.89. The number of methoxy groups -OCH3 is 1. The number of aromatic nitrogens is 3. The Hall–Kier alpha value is -3.42. The molecule has 8 nitrogen and oxygen atoms in total. The molecule has 0 aliphatic heterocycles. The maximum Gasteiger partial charge on any atom is 0.267 e. The van der Waals surface area contributed by atoms with Gasteiger partial charge in [0, 0.05) is 17.7 Å². The molecule has 122 valence electrons. The first-order valence-corrected chi connectivity index (χ1v) is 7.09. The van der Waals surface area contributed by atoms with E-state index in [9.17, 15) is 9.59 Å². The van der Waals surface area contributed by atoms with Gasteiger partial charge < -0.3 is 14.6 Å². The Bertz CT molecular complexity index is 902. The number of benzene rings is 1. The first kappa shape index (κ1) is 15.5. The molecular formula is C16H14N4O4. The van der Waals surface area contributed by atoms with Crippen LogP contribution in [0.5, 0.6) is 5.75 Å². The minimum absolute atomic E-state index is 0.241. The zero-order valence-electron chi connectivity index (χ0n) is 12.8. The molecule has 0 spiro atoms. The van der Waals surface area contributed by atoms with Gasteiger partial charge >= 0.3 is 0 Å². The van der Waals surface area contributed by atoms with Gasteiger partial charge in [0.25, 0.3) is 5.56 Å². The summed E-state index contributed by atoms with van der Waals surface area (Å²) in [5, 5.41) is 10.3. The first-order valence-electron chi connectivity index (χ1n) is 7.09. The number of para-hydroxylation sites is 1. The molecule has 0 saturated carbocycles. The molecule has 0 bridgehead atoms. The van der Waals surface area contributed by atoms with Crippen LogP contribution in [-0.2, 0) is 11.3 Å². The largest absolute Gasteiger partial charge is 0.496 e. The second-order valence-corrected chi connectivity index (χ2v) is 4.85. The molecule has 8 heteroatoms. The summed E-state index contributed by atoms with van der Waals surface area (Å²) < 4.78 is 11.0. The molecule has 3 aromatic rings. The average Bonchev–Trinajstić information content (AvgIpc) is 3.09. The number of carbonyl (C=O) groups excluding carboxylic acids is 1. The molecular weight excluding hydrogens is 312 g/mol. The van der Waals surface area contributed by atoms with Gasteiger partial charge in [-0.05, 0) is 18.2 Å². The lowest BCUT2D eigenvalue weighted by Gasteiger charge is -2.09. The molecule has 2 heterocycles. The van der Waals surface area contributed by atoms with E-state index in [2.05, 4.69) is 20.1 Å². The molecule has 0 atom stereocenters. The third kappa shape index (κ3) is 3.32. The minimum atomic E-state index is -0.435. The summed E-state index contributed by atoms with van der Waals surface area (Å²) >= 11 is 0. The Kier molecular flexibility index (Phi) is 4.37. The number of hydrogen-bond donors (Lipinski definition) is 1. The van der Waals surface area contributed by atoms with E-state index in [1.807, 2.05) is 18.2 Å². The van der Waals surface area contributed by atoms with Crippen molar-refractivity contribution in [2.24, 2.45) is 0 Å². The van der Waals surface area contributed by atoms with Crippen molar-refractivity contribution in [2.75, 3.05) is 12.4 Å². The maximum atomic E-state index is 12.0. The molecule has 0 radical (unpaired) electrons.